The topological polar surface area (TPSA) is 17.1 Å². The first kappa shape index (κ1) is 10.5. The minimum absolute atomic E-state index is 0. The Labute approximate surface area is 103 Å². The second-order valence-corrected chi connectivity index (χ2v) is 1.92. The fourth-order valence-corrected chi connectivity index (χ4v) is 0.673. The van der Waals surface area contributed by atoms with Gasteiger partial charge in [0.15, 0.2) is 5.78 Å². The Hall–Kier alpha value is 0.526. The molecule has 1 aromatic rings. The predicted octanol–water partition coefficient (Wildman–Crippen LogP) is -1.11. The molecule has 0 radical (unpaired) electrons. The normalized spacial score (nSPS) is 8.10. The third-order valence-electron chi connectivity index (χ3n) is 1.18. The van der Waals surface area contributed by atoms with E-state index < -0.39 is 0 Å². The van der Waals surface area contributed by atoms with E-state index >= 15 is 0 Å². The molecule has 0 atom stereocenters. The van der Waals surface area contributed by atoms with Crippen LogP contribution in [0.25, 0.3) is 0 Å². The Morgan fingerprint density at radius 2 is 1.70 bits per heavy atom. The summed E-state index contributed by atoms with van der Waals surface area (Å²) in [5, 5.41) is 0. The van der Waals surface area contributed by atoms with Crippen LogP contribution in [0.5, 0.6) is 0 Å². The fourth-order valence-electron chi connectivity index (χ4n) is 0.673. The Morgan fingerprint density at radius 3 is 2.00 bits per heavy atom. The molecule has 0 saturated heterocycles. The summed E-state index contributed by atoms with van der Waals surface area (Å²) in [6.07, 6.45) is 0. The van der Waals surface area contributed by atoms with Crippen molar-refractivity contribution in [3.05, 3.63) is 35.9 Å². The molecule has 0 unspecified atom stereocenters. The Morgan fingerprint density at radius 1 is 1.20 bits per heavy atom. The van der Waals surface area contributed by atoms with Crippen molar-refractivity contribution in [3.63, 3.8) is 0 Å². The first-order valence-electron chi connectivity index (χ1n) is 2.86. The van der Waals surface area contributed by atoms with Crippen molar-refractivity contribution >= 4 is 5.78 Å². The van der Waals surface area contributed by atoms with E-state index in [1.807, 2.05) is 30.3 Å². The summed E-state index contributed by atoms with van der Waals surface area (Å²) < 4.78 is 0. The zero-order chi connectivity index (χ0) is 6.69. The zero-order valence-corrected chi connectivity index (χ0v) is 9.42. The molecule has 1 nitrogen and oxygen atoms in total. The average Bonchev–Trinajstić information content (AvgIpc) is 1.90. The molecule has 0 bridgehead atoms. The summed E-state index contributed by atoms with van der Waals surface area (Å²) >= 11 is 0. The second-order valence-electron chi connectivity index (χ2n) is 1.92. The first-order valence-corrected chi connectivity index (χ1v) is 2.86. The molecule has 0 fully saturated rings. The maximum atomic E-state index is 10.6. The van der Waals surface area contributed by atoms with Crippen LogP contribution in [0.1, 0.15) is 17.3 Å². The maximum Gasteiger partial charge on any atom is 1.00 e. The molecule has 0 amide bonds. The van der Waals surface area contributed by atoms with E-state index in [1.165, 1.54) is 0 Å². The van der Waals surface area contributed by atoms with Gasteiger partial charge in [-0.1, -0.05) is 30.3 Å². The number of carbonyl (C=O) groups excluding carboxylic acids is 1. The van der Waals surface area contributed by atoms with Crippen LogP contribution < -0.4 is 51.4 Å². The molecule has 0 heterocycles. The molecule has 0 aliphatic carbocycles. The van der Waals surface area contributed by atoms with E-state index in [0.717, 1.165) is 5.56 Å². The van der Waals surface area contributed by atoms with Gasteiger partial charge >= 0.3 is 51.4 Å². The third kappa shape index (κ3) is 3.08. The molecule has 0 aliphatic rings. The van der Waals surface area contributed by atoms with Crippen molar-refractivity contribution in [3.8, 4) is 0 Å². The van der Waals surface area contributed by atoms with Gasteiger partial charge in [-0.15, -0.1) is 0 Å². The molecule has 0 saturated carbocycles. The monoisotopic (exact) mass is 159 g/mol. The first-order chi connectivity index (χ1) is 4.30. The standard InChI is InChI=1S/C8H8O.K/c1-7(9)8-5-3-2-4-6-8;/h2-6H,1H3;/q;+1. The van der Waals surface area contributed by atoms with Gasteiger partial charge in [0.2, 0.25) is 0 Å². The Bertz CT molecular complexity index is 206. The van der Waals surface area contributed by atoms with Crippen LogP contribution in [0.15, 0.2) is 30.3 Å². The van der Waals surface area contributed by atoms with Gasteiger partial charge in [-0.3, -0.25) is 4.79 Å². The zero-order valence-electron chi connectivity index (χ0n) is 6.29. The Kier molecular flexibility index (Phi) is 5.49. The van der Waals surface area contributed by atoms with E-state index in [0.29, 0.717) is 0 Å². The number of Topliss-reactive ketones (excluding diaryl/α,β-unsaturated/α-hetero) is 1. The van der Waals surface area contributed by atoms with Crippen LogP contribution in [0.3, 0.4) is 0 Å². The van der Waals surface area contributed by atoms with Gasteiger partial charge in [-0.2, -0.15) is 0 Å². The van der Waals surface area contributed by atoms with Crippen LogP contribution in [0.2, 0.25) is 0 Å². The molecular formula is C8H8KO+. The van der Waals surface area contributed by atoms with Crippen LogP contribution in [-0.2, 0) is 0 Å². The molecule has 2 heteroatoms. The van der Waals surface area contributed by atoms with E-state index in [-0.39, 0.29) is 57.2 Å². The number of hydrogen-bond acceptors (Lipinski definition) is 1. The number of hydrogen-bond donors (Lipinski definition) is 0. The van der Waals surface area contributed by atoms with Crippen molar-refractivity contribution in [2.24, 2.45) is 0 Å². The van der Waals surface area contributed by atoms with Crippen molar-refractivity contribution < 1.29 is 56.2 Å². The minimum atomic E-state index is 0. The van der Waals surface area contributed by atoms with Gasteiger partial charge in [0.25, 0.3) is 0 Å². The molecular weight excluding hydrogens is 151 g/mol. The van der Waals surface area contributed by atoms with Crippen molar-refractivity contribution in [1.82, 2.24) is 0 Å². The van der Waals surface area contributed by atoms with Gasteiger partial charge in [0.1, 0.15) is 0 Å². The molecule has 46 valence electrons. The minimum Gasteiger partial charge on any atom is -0.295 e. The van der Waals surface area contributed by atoms with Gasteiger partial charge in [0.05, 0.1) is 0 Å². The van der Waals surface area contributed by atoms with Crippen LogP contribution in [0.4, 0.5) is 0 Å². The maximum absolute atomic E-state index is 10.6. The number of benzene rings is 1. The summed E-state index contributed by atoms with van der Waals surface area (Å²) in [7, 11) is 0. The summed E-state index contributed by atoms with van der Waals surface area (Å²) in [6, 6.07) is 9.23. The largest absolute Gasteiger partial charge is 1.00 e. The van der Waals surface area contributed by atoms with Gasteiger partial charge in [-0.05, 0) is 6.92 Å². The smallest absolute Gasteiger partial charge is 0.295 e. The molecule has 0 aliphatic heterocycles. The number of rotatable bonds is 1. The number of ketones is 1. The van der Waals surface area contributed by atoms with Gasteiger partial charge < -0.3 is 0 Å². The molecule has 0 spiro atoms. The van der Waals surface area contributed by atoms with E-state index in [4.69, 9.17) is 0 Å². The van der Waals surface area contributed by atoms with E-state index in [1.54, 1.807) is 6.92 Å². The van der Waals surface area contributed by atoms with Crippen molar-refractivity contribution in [1.29, 1.82) is 0 Å². The molecule has 1 rings (SSSR count). The third-order valence-corrected chi connectivity index (χ3v) is 1.18. The molecule has 0 N–H and O–H groups in total. The molecule has 0 aromatic heterocycles. The molecule has 10 heavy (non-hydrogen) atoms. The summed E-state index contributed by atoms with van der Waals surface area (Å²) in [6.45, 7) is 1.56. The average molecular weight is 159 g/mol. The predicted molar refractivity (Wildman–Crippen MR) is 36.4 cm³/mol. The van der Waals surface area contributed by atoms with Gasteiger partial charge in [0, 0.05) is 5.56 Å². The quantitative estimate of drug-likeness (QED) is 0.375. The summed E-state index contributed by atoms with van der Waals surface area (Å²) in [5.74, 6) is 0.121. The summed E-state index contributed by atoms with van der Waals surface area (Å²) in [4.78, 5) is 10.6. The Balaban J connectivity index is 0.000000810. The van der Waals surface area contributed by atoms with Crippen LogP contribution in [-0.4, -0.2) is 5.78 Å². The second kappa shape index (κ2) is 5.21. The van der Waals surface area contributed by atoms with Gasteiger partial charge in [-0.25, -0.2) is 0 Å². The number of carbonyl (C=O) groups is 1. The van der Waals surface area contributed by atoms with E-state index in [2.05, 4.69) is 0 Å². The SMILES string of the molecule is CC(=O)c1ccccc1.[K+]. The summed E-state index contributed by atoms with van der Waals surface area (Å²) in [5.41, 5.74) is 0.775. The molecule has 1 aromatic carbocycles. The van der Waals surface area contributed by atoms with Crippen LogP contribution in [0, 0.1) is 0 Å². The van der Waals surface area contributed by atoms with Crippen LogP contribution >= 0.6 is 0 Å². The van der Waals surface area contributed by atoms with E-state index in [9.17, 15) is 4.79 Å². The van der Waals surface area contributed by atoms with Crippen molar-refractivity contribution in [2.75, 3.05) is 0 Å². The van der Waals surface area contributed by atoms with Crippen molar-refractivity contribution in [2.45, 2.75) is 6.92 Å². The fraction of sp³-hybridized carbons (Fsp3) is 0.125.